The Bertz CT molecular complexity index is 832. The number of hydrogen-bond acceptors (Lipinski definition) is 5. The molecule has 0 bridgehead atoms. The molecule has 3 aromatic rings. The van der Waals surface area contributed by atoms with Crippen molar-refractivity contribution in [1.82, 2.24) is 19.9 Å². The zero-order chi connectivity index (χ0) is 15.8. The average Bonchev–Trinajstić information content (AvgIpc) is 3.00. The molecule has 6 nitrogen and oxygen atoms in total. The quantitative estimate of drug-likeness (QED) is 0.757. The number of piperazine rings is 1. The summed E-state index contributed by atoms with van der Waals surface area (Å²) in [7, 11) is 2.17. The van der Waals surface area contributed by atoms with Crippen LogP contribution in [-0.4, -0.2) is 53.1 Å². The van der Waals surface area contributed by atoms with Crippen molar-refractivity contribution in [2.75, 3.05) is 43.9 Å². The van der Waals surface area contributed by atoms with Crippen LogP contribution in [0.15, 0.2) is 36.8 Å². The molecule has 1 aliphatic heterocycles. The van der Waals surface area contributed by atoms with Crippen molar-refractivity contribution in [2.45, 2.75) is 0 Å². The number of nitrogens with one attached hydrogen (secondary N) is 1. The van der Waals surface area contributed by atoms with Gasteiger partial charge in [-0.25, -0.2) is 9.97 Å². The van der Waals surface area contributed by atoms with Gasteiger partial charge >= 0.3 is 0 Å². The zero-order valence-electron chi connectivity index (χ0n) is 13.2. The topological polar surface area (TPSA) is 74.1 Å². The van der Waals surface area contributed by atoms with E-state index in [1.165, 1.54) is 5.69 Å². The fraction of sp³-hybridized carbons (Fsp3) is 0.294. The van der Waals surface area contributed by atoms with Crippen LogP contribution in [0.3, 0.4) is 0 Å². The van der Waals surface area contributed by atoms with Crippen molar-refractivity contribution in [3.8, 4) is 11.1 Å². The molecule has 0 radical (unpaired) electrons. The molecule has 0 aliphatic carbocycles. The molecule has 1 aliphatic rings. The molecule has 0 unspecified atom stereocenters. The molecule has 3 aromatic heterocycles. The number of fused-ring (bicyclic) bond motifs is 1. The molecule has 0 amide bonds. The van der Waals surface area contributed by atoms with Crippen LogP contribution >= 0.6 is 0 Å². The second-order valence-electron chi connectivity index (χ2n) is 6.02. The minimum absolute atomic E-state index is 0.530. The van der Waals surface area contributed by atoms with Gasteiger partial charge in [0.05, 0.1) is 5.69 Å². The minimum Gasteiger partial charge on any atom is -0.384 e. The number of hydrogen-bond donors (Lipinski definition) is 2. The van der Waals surface area contributed by atoms with Gasteiger partial charge in [-0.15, -0.1) is 0 Å². The smallest absolute Gasteiger partial charge is 0.139 e. The maximum absolute atomic E-state index is 5.85. The summed E-state index contributed by atoms with van der Waals surface area (Å²) in [6.45, 7) is 4.20. The third kappa shape index (κ3) is 2.51. The van der Waals surface area contributed by atoms with E-state index >= 15 is 0 Å². The zero-order valence-corrected chi connectivity index (χ0v) is 13.2. The Morgan fingerprint density at radius 1 is 1.09 bits per heavy atom. The summed E-state index contributed by atoms with van der Waals surface area (Å²) in [6, 6.07) is 6.00. The second kappa shape index (κ2) is 5.55. The third-order valence-electron chi connectivity index (χ3n) is 4.49. The van der Waals surface area contributed by atoms with E-state index in [-0.39, 0.29) is 0 Å². The van der Waals surface area contributed by atoms with Gasteiger partial charge in [-0.3, -0.25) is 0 Å². The Hall–Kier alpha value is -2.60. The molecule has 1 saturated heterocycles. The van der Waals surface area contributed by atoms with E-state index in [2.05, 4.69) is 37.9 Å². The third-order valence-corrected chi connectivity index (χ3v) is 4.49. The van der Waals surface area contributed by atoms with E-state index in [9.17, 15) is 0 Å². The molecule has 6 heteroatoms. The fourth-order valence-corrected chi connectivity index (χ4v) is 3.19. The lowest BCUT2D eigenvalue weighted by Gasteiger charge is -2.34. The van der Waals surface area contributed by atoms with Crippen LogP contribution in [0.5, 0.6) is 0 Å². The fourth-order valence-electron chi connectivity index (χ4n) is 3.19. The highest BCUT2D eigenvalue weighted by molar-refractivity contribution is 6.02. The number of likely N-dealkylation sites (N-methyl/N-ethyl adjacent to an activating group) is 1. The van der Waals surface area contributed by atoms with Crippen LogP contribution in [0, 0.1) is 0 Å². The average molecular weight is 308 g/mol. The van der Waals surface area contributed by atoms with Crippen LogP contribution in [-0.2, 0) is 0 Å². The maximum atomic E-state index is 5.85. The SMILES string of the molecule is CN1CCN(c2ccnc3[nH]cc(-c4ccnc(N)c4)c23)CC1. The van der Waals surface area contributed by atoms with E-state index in [1.807, 2.05) is 24.5 Å². The first kappa shape index (κ1) is 14.0. The van der Waals surface area contributed by atoms with E-state index in [0.717, 1.165) is 48.3 Å². The summed E-state index contributed by atoms with van der Waals surface area (Å²) in [5.74, 6) is 0.530. The standard InChI is InChI=1S/C17H20N6/c1-22-6-8-23(9-7-22)14-3-5-20-17-16(14)13(11-21-17)12-2-4-19-15(18)10-12/h2-5,10-11H,6-9H2,1H3,(H2,18,19)(H,20,21). The van der Waals surface area contributed by atoms with Gasteiger partial charge in [-0.05, 0) is 30.8 Å². The Labute approximate surface area is 134 Å². The highest BCUT2D eigenvalue weighted by atomic mass is 15.2. The van der Waals surface area contributed by atoms with E-state index in [0.29, 0.717) is 5.82 Å². The Kier molecular flexibility index (Phi) is 3.38. The summed E-state index contributed by atoms with van der Waals surface area (Å²) in [5, 5.41) is 1.16. The van der Waals surface area contributed by atoms with Crippen molar-refractivity contribution in [1.29, 1.82) is 0 Å². The van der Waals surface area contributed by atoms with Crippen molar-refractivity contribution in [3.63, 3.8) is 0 Å². The van der Waals surface area contributed by atoms with Gasteiger partial charge in [-0.2, -0.15) is 0 Å². The van der Waals surface area contributed by atoms with Gasteiger partial charge in [-0.1, -0.05) is 0 Å². The molecule has 23 heavy (non-hydrogen) atoms. The molecular formula is C17H20N6. The van der Waals surface area contributed by atoms with E-state index in [1.54, 1.807) is 6.20 Å². The van der Waals surface area contributed by atoms with E-state index in [4.69, 9.17) is 5.73 Å². The summed E-state index contributed by atoms with van der Waals surface area (Å²) in [4.78, 5) is 16.6. The monoisotopic (exact) mass is 308 g/mol. The molecule has 4 rings (SSSR count). The van der Waals surface area contributed by atoms with Crippen LogP contribution < -0.4 is 10.6 Å². The molecule has 0 atom stereocenters. The van der Waals surface area contributed by atoms with Crippen LogP contribution in [0.2, 0.25) is 0 Å². The van der Waals surface area contributed by atoms with Crippen molar-refractivity contribution >= 4 is 22.5 Å². The van der Waals surface area contributed by atoms with Gasteiger partial charge < -0.3 is 20.5 Å². The van der Waals surface area contributed by atoms with Crippen LogP contribution in [0.1, 0.15) is 0 Å². The lowest BCUT2D eigenvalue weighted by atomic mass is 10.1. The second-order valence-corrected chi connectivity index (χ2v) is 6.02. The number of pyridine rings is 2. The number of anilines is 2. The number of nitrogens with zero attached hydrogens (tertiary/aromatic N) is 4. The first-order chi connectivity index (χ1) is 11.2. The largest absolute Gasteiger partial charge is 0.384 e. The van der Waals surface area contributed by atoms with Gasteiger partial charge in [0.2, 0.25) is 0 Å². The molecule has 1 fully saturated rings. The first-order valence-electron chi connectivity index (χ1n) is 7.84. The van der Waals surface area contributed by atoms with Gasteiger partial charge in [0.15, 0.2) is 0 Å². The predicted octanol–water partition coefficient (Wildman–Crippen LogP) is 1.96. The van der Waals surface area contributed by atoms with Gasteiger partial charge in [0.25, 0.3) is 0 Å². The highest BCUT2D eigenvalue weighted by Crippen LogP contribution is 2.35. The molecule has 3 N–H and O–H groups in total. The Balaban J connectivity index is 1.84. The Morgan fingerprint density at radius 2 is 1.87 bits per heavy atom. The number of nitrogens with two attached hydrogens (primary N) is 1. The normalized spacial score (nSPS) is 16.1. The van der Waals surface area contributed by atoms with Gasteiger partial charge in [0.1, 0.15) is 11.5 Å². The van der Waals surface area contributed by atoms with Crippen LogP contribution in [0.25, 0.3) is 22.2 Å². The first-order valence-corrected chi connectivity index (χ1v) is 7.84. The number of H-pyrrole nitrogens is 1. The maximum Gasteiger partial charge on any atom is 0.139 e. The van der Waals surface area contributed by atoms with E-state index < -0.39 is 0 Å². The molecule has 118 valence electrons. The predicted molar refractivity (Wildman–Crippen MR) is 93.4 cm³/mol. The summed E-state index contributed by atoms with van der Waals surface area (Å²) < 4.78 is 0. The van der Waals surface area contributed by atoms with Crippen molar-refractivity contribution in [2.24, 2.45) is 0 Å². The van der Waals surface area contributed by atoms with Crippen molar-refractivity contribution < 1.29 is 0 Å². The van der Waals surface area contributed by atoms with Crippen LogP contribution in [0.4, 0.5) is 11.5 Å². The highest BCUT2D eigenvalue weighted by Gasteiger charge is 2.19. The van der Waals surface area contributed by atoms with Crippen molar-refractivity contribution in [3.05, 3.63) is 36.8 Å². The number of nitrogen functional groups attached to an aromatic ring is 1. The molecule has 0 aromatic carbocycles. The molecule has 0 spiro atoms. The lowest BCUT2D eigenvalue weighted by molar-refractivity contribution is 0.313. The minimum atomic E-state index is 0.530. The summed E-state index contributed by atoms with van der Waals surface area (Å²) in [6.07, 6.45) is 5.62. The molecular weight excluding hydrogens is 288 g/mol. The lowest BCUT2D eigenvalue weighted by Crippen LogP contribution is -2.44. The Morgan fingerprint density at radius 3 is 2.65 bits per heavy atom. The molecule has 4 heterocycles. The number of aromatic nitrogens is 3. The molecule has 0 saturated carbocycles. The number of aromatic amines is 1. The summed E-state index contributed by atoms with van der Waals surface area (Å²) in [5.41, 5.74) is 10.2. The summed E-state index contributed by atoms with van der Waals surface area (Å²) >= 11 is 0. The number of rotatable bonds is 2. The van der Waals surface area contributed by atoms with Gasteiger partial charge in [0, 0.05) is 55.7 Å².